The molecule has 10 nitrogen and oxygen atoms in total. The molecule has 0 radical (unpaired) electrons. The fourth-order valence-electron chi connectivity index (χ4n) is 2.57. The number of hydrogen-bond donors (Lipinski definition) is 6. The van der Waals surface area contributed by atoms with Crippen LogP contribution in [0.1, 0.15) is 25.0 Å². The number of nitrogens with two attached hydrogens (primary N) is 2. The Morgan fingerprint density at radius 3 is 2.50 bits per heavy atom. The van der Waals surface area contributed by atoms with Crippen LogP contribution in [0.2, 0.25) is 0 Å². The number of primary amides is 1. The number of imidazole rings is 2. The molecule has 2 aromatic heterocycles. The molecule has 1 amide bonds. The molecule has 2 aromatic rings. The normalized spacial score (nSPS) is 13.3. The van der Waals surface area contributed by atoms with E-state index in [0.29, 0.717) is 25.2 Å². The van der Waals surface area contributed by atoms with E-state index in [1.807, 2.05) is 0 Å². The van der Waals surface area contributed by atoms with Crippen LogP contribution in [-0.4, -0.2) is 56.8 Å². The van der Waals surface area contributed by atoms with Gasteiger partial charge in [-0.1, -0.05) is 6.42 Å². The molecule has 0 aliphatic heterocycles. The van der Waals surface area contributed by atoms with E-state index in [-0.39, 0.29) is 12.3 Å². The zero-order valence-electron chi connectivity index (χ0n) is 14.6. The lowest BCUT2D eigenvalue weighted by Crippen LogP contribution is -2.46. The first-order valence-corrected chi connectivity index (χ1v) is 8.57. The summed E-state index contributed by atoms with van der Waals surface area (Å²) in [6.45, 7) is 0.584. The highest BCUT2D eigenvalue weighted by Crippen LogP contribution is 2.08. The molecule has 2 atom stereocenters. The Labute approximate surface area is 151 Å². The molecular formula is C16H26N8O2. The molecule has 142 valence electrons. The topological polar surface area (TPSA) is 168 Å². The number of anilines is 1. The molecule has 8 N–H and O–H groups in total. The summed E-state index contributed by atoms with van der Waals surface area (Å²) in [4.78, 5) is 38.1. The maximum Gasteiger partial charge on any atom is 0.234 e. The van der Waals surface area contributed by atoms with Gasteiger partial charge in [-0.2, -0.15) is 0 Å². The van der Waals surface area contributed by atoms with E-state index in [1.165, 1.54) is 6.33 Å². The number of amides is 1. The van der Waals surface area contributed by atoms with Crippen molar-refractivity contribution in [2.75, 3.05) is 18.4 Å². The van der Waals surface area contributed by atoms with E-state index in [0.717, 1.165) is 18.5 Å². The van der Waals surface area contributed by atoms with Gasteiger partial charge in [0.25, 0.3) is 0 Å². The van der Waals surface area contributed by atoms with Gasteiger partial charge >= 0.3 is 0 Å². The number of aromatic amines is 2. The van der Waals surface area contributed by atoms with Crippen LogP contribution in [0, 0.1) is 0 Å². The van der Waals surface area contributed by atoms with Crippen LogP contribution in [0.4, 0.5) is 5.82 Å². The van der Waals surface area contributed by atoms with Gasteiger partial charge in [0.05, 0.1) is 37.5 Å². The van der Waals surface area contributed by atoms with Crippen molar-refractivity contribution in [1.82, 2.24) is 25.3 Å². The van der Waals surface area contributed by atoms with Gasteiger partial charge in [-0.3, -0.25) is 14.9 Å². The Morgan fingerprint density at radius 1 is 1.12 bits per heavy atom. The Bertz CT molecular complexity index is 620. The van der Waals surface area contributed by atoms with Crippen molar-refractivity contribution in [2.45, 2.75) is 37.8 Å². The molecule has 2 heterocycles. The van der Waals surface area contributed by atoms with Crippen LogP contribution in [0.15, 0.2) is 25.0 Å². The zero-order chi connectivity index (χ0) is 18.8. The summed E-state index contributed by atoms with van der Waals surface area (Å²) in [7, 11) is 0. The summed E-state index contributed by atoms with van der Waals surface area (Å²) in [6, 6.07) is -1.06. The number of ketones is 1. The maximum atomic E-state index is 12.7. The van der Waals surface area contributed by atoms with Gasteiger partial charge in [-0.05, 0) is 19.4 Å². The predicted molar refractivity (Wildman–Crippen MR) is 97.2 cm³/mol. The highest BCUT2D eigenvalue weighted by molar-refractivity contribution is 5.89. The van der Waals surface area contributed by atoms with E-state index < -0.39 is 18.0 Å². The predicted octanol–water partition coefficient (Wildman–Crippen LogP) is -0.702. The number of Topliss-reactive ketones (excluding diaryl/α,β-unsaturated/α-hetero) is 1. The summed E-state index contributed by atoms with van der Waals surface area (Å²) in [5.41, 5.74) is 11.7. The monoisotopic (exact) mass is 362 g/mol. The van der Waals surface area contributed by atoms with Gasteiger partial charge in [0, 0.05) is 18.3 Å². The molecule has 2 rings (SSSR count). The Morgan fingerprint density at radius 2 is 1.88 bits per heavy atom. The third-order valence-corrected chi connectivity index (χ3v) is 4.01. The zero-order valence-corrected chi connectivity index (χ0v) is 14.6. The Kier molecular flexibility index (Phi) is 7.77. The van der Waals surface area contributed by atoms with Crippen molar-refractivity contribution < 1.29 is 9.59 Å². The fraction of sp³-hybridized carbons (Fsp3) is 0.500. The molecule has 26 heavy (non-hydrogen) atoms. The summed E-state index contributed by atoms with van der Waals surface area (Å²) < 4.78 is 0. The summed E-state index contributed by atoms with van der Waals surface area (Å²) in [5.74, 6) is 0.0676. The minimum atomic E-state index is -0.551. The standard InChI is InChI=1S/C16H26N8O2/c17-4-2-1-3-12(16(18)26)21-7-14(25)13(5-11-6-19-9-22-11)24-15-8-20-10-23-15/h6,8-10,12-13,21,24H,1-5,7,17H2,(H2,18,26)(H,19,22)(H,20,23). The van der Waals surface area contributed by atoms with Crippen molar-refractivity contribution in [1.29, 1.82) is 0 Å². The lowest BCUT2D eigenvalue weighted by Gasteiger charge is -2.20. The second-order valence-electron chi connectivity index (χ2n) is 6.03. The molecule has 0 saturated carbocycles. The minimum absolute atomic E-state index is 0.0240. The lowest BCUT2D eigenvalue weighted by molar-refractivity contribution is -0.121. The van der Waals surface area contributed by atoms with Gasteiger partial charge in [0.15, 0.2) is 5.78 Å². The van der Waals surface area contributed by atoms with Crippen LogP contribution in [-0.2, 0) is 16.0 Å². The lowest BCUT2D eigenvalue weighted by atomic mass is 10.1. The maximum absolute atomic E-state index is 12.7. The number of rotatable bonds is 13. The second kappa shape index (κ2) is 10.3. The molecule has 2 unspecified atom stereocenters. The van der Waals surface area contributed by atoms with Crippen molar-refractivity contribution in [3.05, 3.63) is 30.7 Å². The molecule has 0 aliphatic rings. The van der Waals surface area contributed by atoms with Crippen LogP contribution in [0.25, 0.3) is 0 Å². The molecule has 0 spiro atoms. The third kappa shape index (κ3) is 6.30. The van der Waals surface area contributed by atoms with Crippen molar-refractivity contribution in [3.63, 3.8) is 0 Å². The number of carbonyl (C=O) groups excluding carboxylic acids is 2. The smallest absolute Gasteiger partial charge is 0.234 e. The molecule has 0 aromatic carbocycles. The van der Waals surface area contributed by atoms with Gasteiger partial charge in [-0.15, -0.1) is 0 Å². The van der Waals surface area contributed by atoms with E-state index in [2.05, 4.69) is 30.6 Å². The van der Waals surface area contributed by atoms with E-state index in [1.54, 1.807) is 18.7 Å². The fourth-order valence-corrected chi connectivity index (χ4v) is 2.57. The van der Waals surface area contributed by atoms with Gasteiger partial charge < -0.3 is 26.8 Å². The number of hydrogen-bond acceptors (Lipinski definition) is 7. The quantitative estimate of drug-likeness (QED) is 0.256. The van der Waals surface area contributed by atoms with Gasteiger partial charge in [0.1, 0.15) is 5.82 Å². The van der Waals surface area contributed by atoms with Crippen molar-refractivity contribution in [3.8, 4) is 0 Å². The number of carbonyl (C=O) groups is 2. The molecular weight excluding hydrogens is 336 g/mol. The minimum Gasteiger partial charge on any atom is -0.368 e. The number of unbranched alkanes of at least 4 members (excludes halogenated alkanes) is 1. The Balaban J connectivity index is 1.94. The summed E-state index contributed by atoms with van der Waals surface area (Å²) >= 11 is 0. The summed E-state index contributed by atoms with van der Waals surface area (Å²) in [5, 5.41) is 6.08. The number of nitrogens with zero attached hydrogens (tertiary/aromatic N) is 2. The third-order valence-electron chi connectivity index (χ3n) is 4.01. The molecule has 10 heteroatoms. The Hall–Kier alpha value is -2.72. The SMILES string of the molecule is NCCCCC(NCC(=O)C(Cc1cnc[nH]1)Nc1cnc[nH]1)C(N)=O. The number of nitrogens with one attached hydrogen (secondary N) is 4. The van der Waals surface area contributed by atoms with Crippen LogP contribution >= 0.6 is 0 Å². The van der Waals surface area contributed by atoms with E-state index in [9.17, 15) is 9.59 Å². The number of H-pyrrole nitrogens is 2. The number of aromatic nitrogens is 4. The molecule has 0 bridgehead atoms. The molecule has 0 fully saturated rings. The van der Waals surface area contributed by atoms with E-state index >= 15 is 0 Å². The van der Waals surface area contributed by atoms with Gasteiger partial charge in [0.2, 0.25) is 5.91 Å². The van der Waals surface area contributed by atoms with Gasteiger partial charge in [-0.25, -0.2) is 9.97 Å². The largest absolute Gasteiger partial charge is 0.368 e. The highest BCUT2D eigenvalue weighted by atomic mass is 16.1. The molecule has 0 aliphatic carbocycles. The second-order valence-corrected chi connectivity index (χ2v) is 6.03. The first kappa shape index (κ1) is 19.6. The van der Waals surface area contributed by atoms with Crippen molar-refractivity contribution >= 4 is 17.5 Å². The first-order chi connectivity index (χ1) is 12.6. The average Bonchev–Trinajstić information content (AvgIpc) is 3.30. The van der Waals surface area contributed by atoms with Crippen molar-refractivity contribution in [2.24, 2.45) is 11.5 Å². The average molecular weight is 362 g/mol. The summed E-state index contributed by atoms with van der Waals surface area (Å²) in [6.07, 6.45) is 8.91. The first-order valence-electron chi connectivity index (χ1n) is 8.57. The van der Waals surface area contributed by atoms with Crippen LogP contribution < -0.4 is 22.1 Å². The highest BCUT2D eigenvalue weighted by Gasteiger charge is 2.22. The van der Waals surface area contributed by atoms with Crippen LogP contribution in [0.3, 0.4) is 0 Å². The van der Waals surface area contributed by atoms with E-state index in [4.69, 9.17) is 11.5 Å². The van der Waals surface area contributed by atoms with Crippen LogP contribution in [0.5, 0.6) is 0 Å². The molecule has 0 saturated heterocycles.